The summed E-state index contributed by atoms with van der Waals surface area (Å²) in [7, 11) is 1.47. The first-order valence-corrected chi connectivity index (χ1v) is 5.90. The first-order chi connectivity index (χ1) is 7.61. The molecule has 0 amide bonds. The second kappa shape index (κ2) is 7.63. The average molecular weight is 346 g/mol. The normalized spacial score (nSPS) is 9.35. The van der Waals surface area contributed by atoms with Crippen LogP contribution in [0.15, 0.2) is 12.1 Å². The van der Waals surface area contributed by atoms with Gasteiger partial charge in [0.1, 0.15) is 5.02 Å². The molecule has 0 spiro atoms. The third-order valence-electron chi connectivity index (χ3n) is 1.83. The van der Waals surface area contributed by atoms with Crippen LogP contribution < -0.4 is 9.47 Å². The summed E-state index contributed by atoms with van der Waals surface area (Å²) in [6.45, 7) is 0.374. The lowest BCUT2D eigenvalue weighted by Gasteiger charge is -2.12. The zero-order valence-corrected chi connectivity index (χ0v) is 12.1. The minimum absolute atomic E-state index is 0. The van der Waals surface area contributed by atoms with Crippen molar-refractivity contribution < 1.29 is 19.4 Å². The van der Waals surface area contributed by atoms with Gasteiger partial charge in [0.25, 0.3) is 0 Å². The Labute approximate surface area is 118 Å². The Bertz CT molecular complexity index is 398. The summed E-state index contributed by atoms with van der Waals surface area (Å²) in [6, 6.07) is 2.89. The summed E-state index contributed by atoms with van der Waals surface area (Å²) < 4.78 is 10.4. The van der Waals surface area contributed by atoms with Crippen LogP contribution in [0.4, 0.5) is 0 Å². The molecule has 0 saturated carbocycles. The van der Waals surface area contributed by atoms with Gasteiger partial charge in [0.2, 0.25) is 0 Å². The van der Waals surface area contributed by atoms with Crippen LogP contribution in [0.3, 0.4) is 0 Å². The highest BCUT2D eigenvalue weighted by Gasteiger charge is 2.17. The van der Waals surface area contributed by atoms with Crippen LogP contribution in [0.5, 0.6) is 11.5 Å². The molecule has 4 nitrogen and oxygen atoms in total. The van der Waals surface area contributed by atoms with E-state index in [0.717, 1.165) is 0 Å². The van der Waals surface area contributed by atoms with E-state index in [1.807, 2.05) is 0 Å². The fraction of sp³-hybridized carbons (Fsp3) is 0.300. The second-order valence-electron chi connectivity index (χ2n) is 2.80. The smallest absolute Gasteiger partial charge is 0.337 e. The summed E-state index contributed by atoms with van der Waals surface area (Å²) in [6.07, 6.45) is 0. The molecule has 0 aliphatic carbocycles. The number of hydrogen-bond donors (Lipinski definition) is 1. The molecule has 0 bridgehead atoms. The highest BCUT2D eigenvalue weighted by molar-refractivity contribution is 9.09. The van der Waals surface area contributed by atoms with Crippen LogP contribution in [-0.2, 0) is 0 Å². The highest BCUT2D eigenvalue weighted by atomic mass is 79.9. The van der Waals surface area contributed by atoms with Gasteiger partial charge in [0, 0.05) is 5.33 Å². The van der Waals surface area contributed by atoms with Crippen molar-refractivity contribution in [1.82, 2.24) is 0 Å². The Morgan fingerprint density at radius 1 is 1.53 bits per heavy atom. The summed E-state index contributed by atoms with van der Waals surface area (Å²) in [5.41, 5.74) is -0.00737. The lowest BCUT2D eigenvalue weighted by molar-refractivity contribution is 0.0696. The Hall–Kier alpha value is -0.650. The third kappa shape index (κ3) is 3.94. The molecule has 0 atom stereocenters. The Morgan fingerprint density at radius 2 is 2.18 bits per heavy atom. The van der Waals surface area contributed by atoms with Crippen LogP contribution in [0.1, 0.15) is 10.4 Å². The number of benzene rings is 1. The van der Waals surface area contributed by atoms with E-state index < -0.39 is 5.97 Å². The molecule has 1 aromatic rings. The molecule has 96 valence electrons. The van der Waals surface area contributed by atoms with Crippen molar-refractivity contribution in [3.8, 4) is 11.5 Å². The predicted octanol–water partition coefficient (Wildman–Crippen LogP) is 3.24. The maximum absolute atomic E-state index is 10.9. The van der Waals surface area contributed by atoms with Gasteiger partial charge in [-0.3, -0.25) is 0 Å². The van der Waals surface area contributed by atoms with Gasteiger partial charge < -0.3 is 14.6 Å². The lowest BCUT2D eigenvalue weighted by Crippen LogP contribution is -2.04. The summed E-state index contributed by atoms with van der Waals surface area (Å²) in [5, 5.41) is 9.55. The lowest BCUT2D eigenvalue weighted by atomic mass is 10.2. The highest BCUT2D eigenvalue weighted by Crippen LogP contribution is 2.37. The van der Waals surface area contributed by atoms with E-state index in [0.29, 0.717) is 17.7 Å². The molecule has 0 aromatic heterocycles. The summed E-state index contributed by atoms with van der Waals surface area (Å²) in [4.78, 5) is 10.9. The van der Waals surface area contributed by atoms with Crippen molar-refractivity contribution in [2.24, 2.45) is 0 Å². The molecule has 0 aliphatic heterocycles. The van der Waals surface area contributed by atoms with E-state index in [1.165, 1.54) is 19.2 Å². The Balaban J connectivity index is 0.00000256. The SMILES string of the molecule is COc1ccc(C(=O)O)c(Cl)c1OCCBr.Cl. The van der Waals surface area contributed by atoms with Crippen molar-refractivity contribution >= 4 is 45.9 Å². The second-order valence-corrected chi connectivity index (χ2v) is 3.97. The van der Waals surface area contributed by atoms with Crippen molar-refractivity contribution in [3.05, 3.63) is 22.7 Å². The van der Waals surface area contributed by atoms with Crippen LogP contribution in [0, 0.1) is 0 Å². The molecular weight excluding hydrogens is 335 g/mol. The van der Waals surface area contributed by atoms with Gasteiger partial charge in [0.05, 0.1) is 19.3 Å². The molecule has 7 heteroatoms. The van der Waals surface area contributed by atoms with E-state index in [-0.39, 0.29) is 28.7 Å². The van der Waals surface area contributed by atoms with E-state index in [1.54, 1.807) is 0 Å². The van der Waals surface area contributed by atoms with Crippen molar-refractivity contribution in [3.63, 3.8) is 0 Å². The maximum Gasteiger partial charge on any atom is 0.337 e. The molecular formula is C10H11BrCl2O4. The number of alkyl halides is 1. The largest absolute Gasteiger partial charge is 0.493 e. The number of carboxylic acid groups (broad SMARTS) is 1. The molecule has 1 aromatic carbocycles. The van der Waals surface area contributed by atoms with Gasteiger partial charge in [0.15, 0.2) is 11.5 Å². The average Bonchev–Trinajstić information content (AvgIpc) is 2.26. The van der Waals surface area contributed by atoms with Gasteiger partial charge in [-0.2, -0.15) is 0 Å². The molecule has 1 N–H and O–H groups in total. The van der Waals surface area contributed by atoms with E-state index in [9.17, 15) is 4.79 Å². The first-order valence-electron chi connectivity index (χ1n) is 4.40. The number of ether oxygens (including phenoxy) is 2. The molecule has 0 unspecified atom stereocenters. The van der Waals surface area contributed by atoms with Crippen molar-refractivity contribution in [2.75, 3.05) is 19.0 Å². The fourth-order valence-electron chi connectivity index (χ4n) is 1.14. The van der Waals surface area contributed by atoms with E-state index in [2.05, 4.69) is 15.9 Å². The van der Waals surface area contributed by atoms with Gasteiger partial charge in [-0.05, 0) is 12.1 Å². The Kier molecular flexibility index (Phi) is 7.34. The molecule has 0 fully saturated rings. The first kappa shape index (κ1) is 16.4. The van der Waals surface area contributed by atoms with Gasteiger partial charge >= 0.3 is 5.97 Å². The third-order valence-corrected chi connectivity index (χ3v) is 2.53. The molecule has 1 rings (SSSR count). The number of aromatic carboxylic acids is 1. The zero-order valence-electron chi connectivity index (χ0n) is 8.91. The zero-order chi connectivity index (χ0) is 12.1. The number of rotatable bonds is 5. The number of carbonyl (C=O) groups is 1. The standard InChI is InChI=1S/C10H10BrClO4.ClH/c1-15-7-3-2-6(10(13)14)8(12)9(7)16-5-4-11;/h2-3H,4-5H2,1H3,(H,13,14);1H. The minimum Gasteiger partial charge on any atom is -0.493 e. The van der Waals surface area contributed by atoms with Crippen LogP contribution in [0.2, 0.25) is 5.02 Å². The monoisotopic (exact) mass is 344 g/mol. The van der Waals surface area contributed by atoms with Gasteiger partial charge in [-0.15, -0.1) is 12.4 Å². The van der Waals surface area contributed by atoms with Gasteiger partial charge in [-0.25, -0.2) is 4.79 Å². The molecule has 0 heterocycles. The summed E-state index contributed by atoms with van der Waals surface area (Å²) in [5.74, 6) is -0.434. The Morgan fingerprint density at radius 3 is 2.65 bits per heavy atom. The number of methoxy groups -OCH3 is 1. The number of carboxylic acids is 1. The van der Waals surface area contributed by atoms with Gasteiger partial charge in [-0.1, -0.05) is 27.5 Å². The van der Waals surface area contributed by atoms with Crippen LogP contribution in [0.25, 0.3) is 0 Å². The van der Waals surface area contributed by atoms with E-state index >= 15 is 0 Å². The molecule has 0 aliphatic rings. The molecule has 0 saturated heterocycles. The van der Waals surface area contributed by atoms with E-state index in [4.69, 9.17) is 26.2 Å². The van der Waals surface area contributed by atoms with Crippen molar-refractivity contribution in [2.45, 2.75) is 0 Å². The number of hydrogen-bond acceptors (Lipinski definition) is 3. The van der Waals surface area contributed by atoms with Crippen molar-refractivity contribution in [1.29, 1.82) is 0 Å². The quantitative estimate of drug-likeness (QED) is 0.832. The topological polar surface area (TPSA) is 55.8 Å². The number of halogens is 3. The minimum atomic E-state index is -1.10. The summed E-state index contributed by atoms with van der Waals surface area (Å²) >= 11 is 9.12. The van der Waals surface area contributed by atoms with Crippen LogP contribution in [-0.4, -0.2) is 30.1 Å². The maximum atomic E-state index is 10.9. The predicted molar refractivity (Wildman–Crippen MR) is 71.5 cm³/mol. The molecule has 17 heavy (non-hydrogen) atoms. The fourth-order valence-corrected chi connectivity index (χ4v) is 1.59. The van der Waals surface area contributed by atoms with Crippen LogP contribution >= 0.6 is 39.9 Å². The molecule has 0 radical (unpaired) electrons.